The maximum Gasteiger partial charge on any atom is 0.410 e. The number of benzene rings is 1. The number of ether oxygens (including phenoxy) is 1. The van der Waals surface area contributed by atoms with Crippen molar-refractivity contribution in [2.45, 2.75) is 38.8 Å². The van der Waals surface area contributed by atoms with E-state index in [1.807, 2.05) is 0 Å². The first-order valence-corrected chi connectivity index (χ1v) is 8.97. The summed E-state index contributed by atoms with van der Waals surface area (Å²) in [4.78, 5) is 27.4. The van der Waals surface area contributed by atoms with Crippen LogP contribution in [-0.4, -0.2) is 53.6 Å². The monoisotopic (exact) mass is 466 g/mol. The van der Waals surface area contributed by atoms with Crippen LogP contribution < -0.4 is 0 Å². The van der Waals surface area contributed by atoms with E-state index in [0.717, 1.165) is 6.07 Å². The minimum Gasteiger partial charge on any atom is -0.444 e. The Morgan fingerprint density at radius 3 is 2.56 bits per heavy atom. The van der Waals surface area contributed by atoms with Gasteiger partial charge in [0, 0.05) is 23.7 Å². The van der Waals surface area contributed by atoms with Gasteiger partial charge in [0.2, 0.25) is 0 Å². The van der Waals surface area contributed by atoms with Crippen molar-refractivity contribution in [3.63, 3.8) is 0 Å². The van der Waals surface area contributed by atoms with Crippen molar-refractivity contribution >= 4 is 34.6 Å². The molecule has 1 saturated heterocycles. The molecule has 1 aliphatic heterocycles. The van der Waals surface area contributed by atoms with Crippen LogP contribution in [0.4, 0.5) is 13.6 Å². The fraction of sp³-hybridized carbons (Fsp3) is 0.529. The molecule has 0 aliphatic carbocycles. The van der Waals surface area contributed by atoms with Gasteiger partial charge in [0.05, 0.1) is 6.04 Å². The maximum atomic E-state index is 14.2. The SMILES string of the molecule is CN(C(=O)OC(C)(C)C)[C@H]1CCN(C(=O)c2c(F)ccc(I)c2F)C1. The third-order valence-electron chi connectivity index (χ3n) is 3.94. The molecule has 0 radical (unpaired) electrons. The van der Waals surface area contributed by atoms with Crippen LogP contribution in [0.2, 0.25) is 0 Å². The van der Waals surface area contributed by atoms with Crippen molar-refractivity contribution < 1.29 is 23.1 Å². The molecule has 2 rings (SSSR count). The fourth-order valence-electron chi connectivity index (χ4n) is 2.61. The number of hydrogen-bond acceptors (Lipinski definition) is 3. The van der Waals surface area contributed by atoms with Crippen LogP contribution in [0.15, 0.2) is 12.1 Å². The summed E-state index contributed by atoms with van der Waals surface area (Å²) in [5.41, 5.74) is -1.17. The predicted molar refractivity (Wildman–Crippen MR) is 97.4 cm³/mol. The van der Waals surface area contributed by atoms with Gasteiger partial charge in [-0.05, 0) is 61.9 Å². The minimum atomic E-state index is -0.883. The van der Waals surface area contributed by atoms with Crippen molar-refractivity contribution in [3.05, 3.63) is 32.9 Å². The average Bonchev–Trinajstić information content (AvgIpc) is 2.98. The highest BCUT2D eigenvalue weighted by Gasteiger charge is 2.35. The number of likely N-dealkylation sites (N-methyl/N-ethyl adjacent to an activating group) is 1. The first-order valence-electron chi connectivity index (χ1n) is 7.90. The second-order valence-electron chi connectivity index (χ2n) is 7.00. The van der Waals surface area contributed by atoms with Crippen molar-refractivity contribution in [1.82, 2.24) is 9.80 Å². The van der Waals surface area contributed by atoms with Gasteiger partial charge < -0.3 is 14.5 Å². The molecule has 8 heteroatoms. The standard InChI is InChI=1S/C17H21F2IN2O3/c1-17(2,3)25-16(24)21(4)10-7-8-22(9-10)15(23)13-11(18)5-6-12(20)14(13)19/h5-6,10H,7-9H2,1-4H3/t10-/m0/s1. The third kappa shape index (κ3) is 4.59. The van der Waals surface area contributed by atoms with Gasteiger partial charge in [-0.1, -0.05) is 0 Å². The summed E-state index contributed by atoms with van der Waals surface area (Å²) in [5.74, 6) is -2.44. The molecular weight excluding hydrogens is 445 g/mol. The Kier molecular flexibility index (Phi) is 5.90. The Hall–Kier alpha value is -1.45. The largest absolute Gasteiger partial charge is 0.444 e. The molecule has 138 valence electrons. The van der Waals surface area contributed by atoms with Gasteiger partial charge in [0.25, 0.3) is 5.91 Å². The highest BCUT2D eigenvalue weighted by atomic mass is 127. The summed E-state index contributed by atoms with van der Waals surface area (Å²) >= 11 is 1.72. The van der Waals surface area contributed by atoms with Gasteiger partial charge >= 0.3 is 6.09 Å². The summed E-state index contributed by atoms with van der Waals surface area (Å²) < 4.78 is 33.6. The normalized spacial score (nSPS) is 17.6. The Balaban J connectivity index is 2.09. The fourth-order valence-corrected chi connectivity index (χ4v) is 3.06. The zero-order valence-corrected chi connectivity index (χ0v) is 16.8. The van der Waals surface area contributed by atoms with Crippen LogP contribution >= 0.6 is 22.6 Å². The molecule has 1 aromatic carbocycles. The zero-order chi connectivity index (χ0) is 18.9. The van der Waals surface area contributed by atoms with Crippen molar-refractivity contribution in [2.75, 3.05) is 20.1 Å². The number of rotatable bonds is 2. The molecular formula is C17H21F2IN2O3. The van der Waals surface area contributed by atoms with Gasteiger partial charge in [0.1, 0.15) is 17.0 Å². The summed E-state index contributed by atoms with van der Waals surface area (Å²) in [6, 6.07) is 2.11. The van der Waals surface area contributed by atoms with E-state index in [4.69, 9.17) is 4.74 Å². The summed E-state index contributed by atoms with van der Waals surface area (Å²) in [6.45, 7) is 5.84. The molecule has 0 aromatic heterocycles. The smallest absolute Gasteiger partial charge is 0.410 e. The van der Waals surface area contributed by atoms with Gasteiger partial charge in [-0.2, -0.15) is 0 Å². The Morgan fingerprint density at radius 1 is 1.32 bits per heavy atom. The number of hydrogen-bond donors (Lipinski definition) is 0. The quantitative estimate of drug-likeness (QED) is 0.494. The van der Waals surface area contributed by atoms with Gasteiger partial charge in [-0.15, -0.1) is 0 Å². The van der Waals surface area contributed by atoms with E-state index in [-0.39, 0.29) is 16.2 Å². The first kappa shape index (κ1) is 19.9. The molecule has 1 fully saturated rings. The molecule has 1 aliphatic rings. The molecule has 0 spiro atoms. The van der Waals surface area contributed by atoms with E-state index in [0.29, 0.717) is 13.0 Å². The molecule has 0 N–H and O–H groups in total. The zero-order valence-electron chi connectivity index (χ0n) is 14.6. The maximum absolute atomic E-state index is 14.2. The highest BCUT2D eigenvalue weighted by molar-refractivity contribution is 14.1. The molecule has 1 heterocycles. The Labute approximate surface area is 159 Å². The minimum absolute atomic E-state index is 0.184. The van der Waals surface area contributed by atoms with E-state index in [2.05, 4.69) is 0 Å². The van der Waals surface area contributed by atoms with E-state index in [1.165, 1.54) is 15.9 Å². The summed E-state index contributed by atoms with van der Waals surface area (Å²) in [6.07, 6.45) is 0.0349. The molecule has 1 aromatic rings. The van der Waals surface area contributed by atoms with Crippen molar-refractivity contribution in [3.8, 4) is 0 Å². The lowest BCUT2D eigenvalue weighted by Crippen LogP contribution is -2.42. The van der Waals surface area contributed by atoms with Crippen LogP contribution in [0.5, 0.6) is 0 Å². The Morgan fingerprint density at radius 2 is 1.96 bits per heavy atom. The molecule has 2 amide bonds. The Bertz CT molecular complexity index is 691. The van der Waals surface area contributed by atoms with Crippen LogP contribution in [-0.2, 0) is 4.74 Å². The topological polar surface area (TPSA) is 49.9 Å². The van der Waals surface area contributed by atoms with Crippen molar-refractivity contribution in [1.29, 1.82) is 0 Å². The average molecular weight is 466 g/mol. The lowest BCUT2D eigenvalue weighted by atomic mass is 10.1. The number of carbonyl (C=O) groups is 2. The van der Waals surface area contributed by atoms with Crippen LogP contribution in [0, 0.1) is 15.2 Å². The second-order valence-corrected chi connectivity index (χ2v) is 8.17. The molecule has 0 saturated carbocycles. The van der Waals surface area contributed by atoms with Gasteiger partial charge in [-0.25, -0.2) is 13.6 Å². The lowest BCUT2D eigenvalue weighted by molar-refractivity contribution is 0.0226. The van der Waals surface area contributed by atoms with E-state index < -0.39 is 34.8 Å². The number of likely N-dealkylation sites (tertiary alicyclic amines) is 1. The molecule has 0 unspecified atom stereocenters. The van der Waals surface area contributed by atoms with Crippen molar-refractivity contribution in [2.24, 2.45) is 0 Å². The molecule has 1 atom stereocenters. The molecule has 0 bridgehead atoms. The highest BCUT2D eigenvalue weighted by Crippen LogP contribution is 2.24. The molecule has 25 heavy (non-hydrogen) atoms. The number of nitrogens with zero attached hydrogens (tertiary/aromatic N) is 2. The summed E-state index contributed by atoms with van der Waals surface area (Å²) in [5, 5.41) is 0. The van der Waals surface area contributed by atoms with E-state index >= 15 is 0 Å². The summed E-state index contributed by atoms with van der Waals surface area (Å²) in [7, 11) is 1.60. The third-order valence-corrected chi connectivity index (χ3v) is 4.77. The lowest BCUT2D eigenvalue weighted by Gasteiger charge is -2.28. The van der Waals surface area contributed by atoms with Crippen LogP contribution in [0.1, 0.15) is 37.6 Å². The van der Waals surface area contributed by atoms with Gasteiger partial charge in [-0.3, -0.25) is 4.79 Å². The second kappa shape index (κ2) is 7.43. The molecule has 5 nitrogen and oxygen atoms in total. The van der Waals surface area contributed by atoms with Crippen LogP contribution in [0.25, 0.3) is 0 Å². The first-order chi connectivity index (χ1) is 11.5. The number of halogens is 3. The number of carbonyl (C=O) groups excluding carboxylic acids is 2. The van der Waals surface area contributed by atoms with E-state index in [1.54, 1.807) is 50.4 Å². The number of amides is 2. The van der Waals surface area contributed by atoms with Gasteiger partial charge in [0.15, 0.2) is 5.82 Å². The van der Waals surface area contributed by atoms with Crippen LogP contribution in [0.3, 0.4) is 0 Å². The van der Waals surface area contributed by atoms with E-state index in [9.17, 15) is 18.4 Å². The predicted octanol–water partition coefficient (Wildman–Crippen LogP) is 3.65.